The van der Waals surface area contributed by atoms with Crippen LogP contribution in [0.1, 0.15) is 49.4 Å². The molecule has 0 spiro atoms. The van der Waals surface area contributed by atoms with Gasteiger partial charge in [-0.25, -0.2) is 8.42 Å². The second kappa shape index (κ2) is 7.62. The summed E-state index contributed by atoms with van der Waals surface area (Å²) in [4.78, 5) is 12.8. The minimum absolute atomic E-state index is 0.0360. The number of aryl methyl sites for hydroxylation is 1. The highest BCUT2D eigenvalue weighted by Crippen LogP contribution is 2.29. The first kappa shape index (κ1) is 18.6. The Bertz CT molecular complexity index is 886. The molecule has 26 heavy (non-hydrogen) atoms. The second-order valence-electron chi connectivity index (χ2n) is 7.13. The molecule has 138 valence electrons. The number of carbonyl (C=O) groups is 1. The number of benzene rings is 2. The molecule has 0 saturated heterocycles. The van der Waals surface area contributed by atoms with Crippen LogP contribution in [-0.4, -0.2) is 19.6 Å². The summed E-state index contributed by atoms with van der Waals surface area (Å²) in [5.41, 5.74) is 3.34. The maximum Gasteiger partial charge on any atom is 0.224 e. The molecule has 2 aromatic carbocycles. The third kappa shape index (κ3) is 3.98. The lowest BCUT2D eigenvalue weighted by atomic mass is 9.87. The summed E-state index contributed by atoms with van der Waals surface area (Å²) in [5, 5.41) is 2.67. The van der Waals surface area contributed by atoms with Gasteiger partial charge in [0.15, 0.2) is 9.84 Å². The van der Waals surface area contributed by atoms with E-state index in [2.05, 4.69) is 17.4 Å². The van der Waals surface area contributed by atoms with Gasteiger partial charge in [-0.3, -0.25) is 4.79 Å². The number of hydrogen-bond donors (Lipinski definition) is 1. The number of carbonyl (C=O) groups excluding carboxylic acids is 1. The van der Waals surface area contributed by atoms with Crippen molar-refractivity contribution >= 4 is 15.7 Å². The SMILES string of the molecule is CC(C)S(=O)(=O)c1ccc(CC(=O)NC2CCCc3ccccc32)cc1. The topological polar surface area (TPSA) is 63.2 Å². The van der Waals surface area contributed by atoms with Gasteiger partial charge in [-0.2, -0.15) is 0 Å². The van der Waals surface area contributed by atoms with E-state index in [0.29, 0.717) is 4.90 Å². The number of hydrogen-bond acceptors (Lipinski definition) is 3. The molecular weight excluding hydrogens is 346 g/mol. The fraction of sp³-hybridized carbons (Fsp3) is 0.381. The molecule has 2 aromatic rings. The van der Waals surface area contributed by atoms with Crippen molar-refractivity contribution in [3.8, 4) is 0 Å². The van der Waals surface area contributed by atoms with Crippen LogP contribution < -0.4 is 5.32 Å². The fourth-order valence-electron chi connectivity index (χ4n) is 3.40. The first-order valence-corrected chi connectivity index (χ1v) is 10.6. The van der Waals surface area contributed by atoms with Gasteiger partial charge in [-0.05, 0) is 61.9 Å². The van der Waals surface area contributed by atoms with E-state index < -0.39 is 15.1 Å². The van der Waals surface area contributed by atoms with Gasteiger partial charge in [0.2, 0.25) is 5.91 Å². The molecule has 0 aromatic heterocycles. The van der Waals surface area contributed by atoms with Gasteiger partial charge in [-0.15, -0.1) is 0 Å². The minimum atomic E-state index is -3.28. The molecule has 1 atom stereocenters. The van der Waals surface area contributed by atoms with Crippen molar-refractivity contribution < 1.29 is 13.2 Å². The van der Waals surface area contributed by atoms with Crippen molar-refractivity contribution in [2.45, 2.75) is 55.7 Å². The Hall–Kier alpha value is -2.14. The smallest absolute Gasteiger partial charge is 0.224 e. The van der Waals surface area contributed by atoms with Gasteiger partial charge in [-0.1, -0.05) is 36.4 Å². The lowest BCUT2D eigenvalue weighted by Crippen LogP contribution is -2.32. The lowest BCUT2D eigenvalue weighted by molar-refractivity contribution is -0.121. The van der Waals surface area contributed by atoms with Crippen molar-refractivity contribution in [1.82, 2.24) is 5.32 Å². The first-order chi connectivity index (χ1) is 12.4. The Morgan fingerprint density at radius 3 is 2.50 bits per heavy atom. The summed E-state index contributed by atoms with van der Waals surface area (Å²) >= 11 is 0. The molecule has 1 amide bonds. The normalized spacial score (nSPS) is 17.0. The van der Waals surface area contributed by atoms with Crippen LogP contribution in [0, 0.1) is 0 Å². The van der Waals surface area contributed by atoms with Crippen LogP contribution in [0.5, 0.6) is 0 Å². The average Bonchev–Trinajstić information content (AvgIpc) is 2.62. The van der Waals surface area contributed by atoms with Gasteiger partial charge < -0.3 is 5.32 Å². The maximum atomic E-state index is 12.5. The second-order valence-corrected chi connectivity index (χ2v) is 9.63. The molecule has 1 aliphatic rings. The predicted molar refractivity (Wildman–Crippen MR) is 103 cm³/mol. The van der Waals surface area contributed by atoms with E-state index in [1.54, 1.807) is 38.1 Å². The largest absolute Gasteiger partial charge is 0.349 e. The van der Waals surface area contributed by atoms with Crippen LogP contribution in [0.3, 0.4) is 0 Å². The minimum Gasteiger partial charge on any atom is -0.349 e. The molecule has 3 rings (SSSR count). The van der Waals surface area contributed by atoms with Crippen LogP contribution in [0.25, 0.3) is 0 Å². The molecule has 0 radical (unpaired) electrons. The molecule has 0 saturated carbocycles. The van der Waals surface area contributed by atoms with E-state index in [1.165, 1.54) is 11.1 Å². The zero-order chi connectivity index (χ0) is 18.7. The summed E-state index contributed by atoms with van der Waals surface area (Å²) in [7, 11) is -3.28. The van der Waals surface area contributed by atoms with Gasteiger partial charge >= 0.3 is 0 Å². The molecular formula is C21H25NO3S. The van der Waals surface area contributed by atoms with Gasteiger partial charge in [0, 0.05) is 0 Å². The molecule has 1 unspecified atom stereocenters. The van der Waals surface area contributed by atoms with Crippen molar-refractivity contribution in [2.75, 3.05) is 0 Å². The van der Waals surface area contributed by atoms with E-state index >= 15 is 0 Å². The van der Waals surface area contributed by atoms with Crippen molar-refractivity contribution in [1.29, 1.82) is 0 Å². The highest BCUT2D eigenvalue weighted by molar-refractivity contribution is 7.92. The molecule has 0 fully saturated rings. The first-order valence-electron chi connectivity index (χ1n) is 9.08. The van der Waals surface area contributed by atoms with Crippen molar-refractivity contribution in [3.63, 3.8) is 0 Å². The van der Waals surface area contributed by atoms with Gasteiger partial charge in [0.1, 0.15) is 0 Å². The number of fused-ring (bicyclic) bond motifs is 1. The average molecular weight is 372 g/mol. The third-order valence-corrected chi connectivity index (χ3v) is 7.11. The maximum absolute atomic E-state index is 12.5. The number of amides is 1. The molecule has 0 heterocycles. The quantitative estimate of drug-likeness (QED) is 0.873. The zero-order valence-electron chi connectivity index (χ0n) is 15.2. The van der Waals surface area contributed by atoms with Gasteiger partial charge in [0.05, 0.1) is 22.6 Å². The Balaban J connectivity index is 1.66. The van der Waals surface area contributed by atoms with E-state index in [0.717, 1.165) is 24.8 Å². The lowest BCUT2D eigenvalue weighted by Gasteiger charge is -2.26. The molecule has 4 nitrogen and oxygen atoms in total. The number of sulfone groups is 1. The number of rotatable bonds is 5. The molecule has 1 N–H and O–H groups in total. The van der Waals surface area contributed by atoms with Crippen LogP contribution >= 0.6 is 0 Å². The van der Waals surface area contributed by atoms with Crippen LogP contribution in [0.15, 0.2) is 53.4 Å². The highest BCUT2D eigenvalue weighted by Gasteiger charge is 2.22. The highest BCUT2D eigenvalue weighted by atomic mass is 32.2. The molecule has 5 heteroatoms. The van der Waals surface area contributed by atoms with Crippen LogP contribution in [0.2, 0.25) is 0 Å². The fourth-order valence-corrected chi connectivity index (χ4v) is 4.46. The standard InChI is InChI=1S/C21H25NO3S/c1-15(2)26(24,25)18-12-10-16(11-13-18)14-21(23)22-20-9-5-7-17-6-3-4-8-19(17)20/h3-4,6,8,10-13,15,20H,5,7,9,14H2,1-2H3,(H,22,23). The Labute approximate surface area is 155 Å². The van der Waals surface area contributed by atoms with Crippen LogP contribution in [0.4, 0.5) is 0 Å². The summed E-state index contributed by atoms with van der Waals surface area (Å²) in [6.07, 6.45) is 3.34. The zero-order valence-corrected chi connectivity index (χ0v) is 16.1. The molecule has 0 aliphatic heterocycles. The van der Waals surface area contributed by atoms with Crippen molar-refractivity contribution in [3.05, 3.63) is 65.2 Å². The summed E-state index contributed by atoms with van der Waals surface area (Å²) in [5.74, 6) is -0.0360. The van der Waals surface area contributed by atoms with E-state index in [-0.39, 0.29) is 18.4 Å². The Kier molecular flexibility index (Phi) is 5.47. The molecule has 0 bridgehead atoms. The number of nitrogens with one attached hydrogen (secondary N) is 1. The monoisotopic (exact) mass is 371 g/mol. The van der Waals surface area contributed by atoms with Gasteiger partial charge in [0.25, 0.3) is 0 Å². The van der Waals surface area contributed by atoms with Crippen molar-refractivity contribution in [2.24, 2.45) is 0 Å². The summed E-state index contributed by atoms with van der Waals surface area (Å²) < 4.78 is 24.3. The van der Waals surface area contributed by atoms with E-state index in [4.69, 9.17) is 0 Å². The summed E-state index contributed by atoms with van der Waals surface area (Å²) in [6, 6.07) is 15.0. The van der Waals surface area contributed by atoms with E-state index in [1.807, 2.05) is 12.1 Å². The predicted octanol–water partition coefficient (Wildman–Crippen LogP) is 3.61. The van der Waals surface area contributed by atoms with Crippen LogP contribution in [-0.2, 0) is 27.5 Å². The van der Waals surface area contributed by atoms with E-state index in [9.17, 15) is 13.2 Å². The Morgan fingerprint density at radius 2 is 1.81 bits per heavy atom. The third-order valence-electron chi connectivity index (χ3n) is 4.94. The summed E-state index contributed by atoms with van der Waals surface area (Å²) in [6.45, 7) is 3.33. The Morgan fingerprint density at radius 1 is 1.12 bits per heavy atom. The molecule has 1 aliphatic carbocycles.